The fourth-order valence-corrected chi connectivity index (χ4v) is 2.20. The molecule has 1 rings (SSSR count). The van der Waals surface area contributed by atoms with Crippen LogP contribution >= 0.6 is 11.8 Å². The molecule has 1 aromatic rings. The van der Waals surface area contributed by atoms with Gasteiger partial charge in [-0.3, -0.25) is 9.59 Å². The van der Waals surface area contributed by atoms with E-state index in [0.29, 0.717) is 4.90 Å². The normalized spacial score (nSPS) is 13.3. The summed E-state index contributed by atoms with van der Waals surface area (Å²) in [7, 11) is 0. The number of esters is 1. The molecule has 0 unspecified atom stereocenters. The van der Waals surface area contributed by atoms with Crippen molar-refractivity contribution in [1.82, 2.24) is 0 Å². The molecule has 7 heteroatoms. The number of hydrogen-bond donors (Lipinski definition) is 2. The lowest BCUT2D eigenvalue weighted by Crippen LogP contribution is -2.30. The van der Waals surface area contributed by atoms with Crippen molar-refractivity contribution in [3.05, 3.63) is 29.8 Å². The number of primary amides is 2. The summed E-state index contributed by atoms with van der Waals surface area (Å²) in [6.45, 7) is 3.03. The summed E-state index contributed by atoms with van der Waals surface area (Å²) in [5, 5.41) is -0.488. The van der Waals surface area contributed by atoms with Crippen LogP contribution < -0.4 is 11.5 Å². The molecule has 108 valence electrons. The van der Waals surface area contributed by atoms with Crippen LogP contribution in [-0.2, 0) is 14.3 Å². The Balaban J connectivity index is 2.92. The van der Waals surface area contributed by atoms with Crippen LogP contribution in [0.5, 0.6) is 0 Å². The zero-order valence-corrected chi connectivity index (χ0v) is 12.0. The van der Waals surface area contributed by atoms with Gasteiger partial charge in [0.25, 0.3) is 5.91 Å². The van der Waals surface area contributed by atoms with Gasteiger partial charge < -0.3 is 16.2 Å². The Morgan fingerprint density at radius 2 is 1.70 bits per heavy atom. The van der Waals surface area contributed by atoms with Crippen LogP contribution in [0.25, 0.3) is 0 Å². The second-order valence-corrected chi connectivity index (χ2v) is 5.49. The van der Waals surface area contributed by atoms with Crippen molar-refractivity contribution in [1.29, 1.82) is 0 Å². The first-order chi connectivity index (χ1) is 9.32. The number of carbonyl (C=O) groups is 3. The summed E-state index contributed by atoms with van der Waals surface area (Å²) in [4.78, 5) is 34.5. The van der Waals surface area contributed by atoms with Crippen LogP contribution in [-0.4, -0.2) is 29.1 Å². The predicted molar refractivity (Wildman–Crippen MR) is 75.0 cm³/mol. The SMILES string of the molecule is C[C@H](OC(=O)c1ccccc1S[C@@H](C)C(N)=O)C(N)=O. The maximum atomic E-state index is 12.0. The molecule has 2 atom stereocenters. The van der Waals surface area contributed by atoms with Crippen LogP contribution in [0.2, 0.25) is 0 Å². The number of rotatable bonds is 6. The van der Waals surface area contributed by atoms with E-state index in [4.69, 9.17) is 16.2 Å². The minimum absolute atomic E-state index is 0.263. The Morgan fingerprint density at radius 1 is 1.10 bits per heavy atom. The van der Waals surface area contributed by atoms with Crippen LogP contribution in [0.4, 0.5) is 0 Å². The Bertz CT molecular complexity index is 533. The van der Waals surface area contributed by atoms with E-state index in [0.717, 1.165) is 11.8 Å². The standard InChI is InChI=1S/C13H16N2O4S/c1-7(11(14)16)19-13(18)9-5-3-4-6-10(9)20-8(2)12(15)17/h3-8H,1-2H3,(H2,14,16)(H2,15,17)/t7-,8-/m0/s1. The molecule has 2 amide bonds. The number of carbonyl (C=O) groups excluding carboxylic acids is 3. The van der Waals surface area contributed by atoms with E-state index >= 15 is 0 Å². The summed E-state index contributed by atoms with van der Waals surface area (Å²) >= 11 is 1.15. The van der Waals surface area contributed by atoms with E-state index in [-0.39, 0.29) is 5.56 Å². The third-order valence-corrected chi connectivity index (χ3v) is 3.69. The minimum Gasteiger partial charge on any atom is -0.449 e. The molecular weight excluding hydrogens is 280 g/mol. The Hall–Kier alpha value is -2.02. The third kappa shape index (κ3) is 4.27. The van der Waals surface area contributed by atoms with Gasteiger partial charge in [-0.2, -0.15) is 0 Å². The van der Waals surface area contributed by atoms with Crippen LogP contribution in [0.15, 0.2) is 29.2 Å². The Morgan fingerprint density at radius 3 is 2.25 bits per heavy atom. The maximum Gasteiger partial charge on any atom is 0.340 e. The zero-order chi connectivity index (χ0) is 15.3. The molecule has 6 nitrogen and oxygen atoms in total. The van der Waals surface area contributed by atoms with Crippen molar-refractivity contribution in [2.45, 2.75) is 30.1 Å². The largest absolute Gasteiger partial charge is 0.449 e. The van der Waals surface area contributed by atoms with Gasteiger partial charge in [0.2, 0.25) is 5.91 Å². The molecule has 0 aliphatic carbocycles. The van der Waals surface area contributed by atoms with Crippen molar-refractivity contribution in [3.63, 3.8) is 0 Å². The summed E-state index contributed by atoms with van der Waals surface area (Å²) in [5.74, 6) is -1.88. The monoisotopic (exact) mass is 296 g/mol. The molecule has 0 aromatic heterocycles. The topological polar surface area (TPSA) is 112 Å². The zero-order valence-electron chi connectivity index (χ0n) is 11.2. The fraction of sp³-hybridized carbons (Fsp3) is 0.308. The third-order valence-electron chi connectivity index (χ3n) is 2.50. The lowest BCUT2D eigenvalue weighted by atomic mass is 10.2. The van der Waals surface area contributed by atoms with Crippen molar-refractivity contribution >= 4 is 29.5 Å². The van der Waals surface area contributed by atoms with Gasteiger partial charge >= 0.3 is 5.97 Å². The lowest BCUT2D eigenvalue weighted by Gasteiger charge is -2.13. The van der Waals surface area contributed by atoms with Crippen molar-refractivity contribution in [2.75, 3.05) is 0 Å². The molecule has 0 aliphatic rings. The molecule has 0 aliphatic heterocycles. The number of thioether (sulfide) groups is 1. The smallest absolute Gasteiger partial charge is 0.340 e. The van der Waals surface area contributed by atoms with E-state index in [1.165, 1.54) is 6.92 Å². The number of hydrogen-bond acceptors (Lipinski definition) is 5. The Labute approximate surface area is 120 Å². The van der Waals surface area contributed by atoms with Gasteiger partial charge in [-0.1, -0.05) is 12.1 Å². The highest BCUT2D eigenvalue weighted by atomic mass is 32.2. The van der Waals surface area contributed by atoms with Gasteiger partial charge in [0.1, 0.15) is 0 Å². The van der Waals surface area contributed by atoms with Gasteiger partial charge in [-0.25, -0.2) is 4.79 Å². The van der Waals surface area contributed by atoms with Crippen LogP contribution in [0, 0.1) is 0 Å². The summed E-state index contributed by atoms with van der Waals surface area (Å²) < 4.78 is 4.94. The number of benzene rings is 1. The second kappa shape index (κ2) is 6.95. The quantitative estimate of drug-likeness (QED) is 0.592. The van der Waals surface area contributed by atoms with Gasteiger partial charge in [0.05, 0.1) is 10.8 Å². The molecule has 4 N–H and O–H groups in total. The first kappa shape index (κ1) is 16.0. The predicted octanol–water partition coefficient (Wildman–Crippen LogP) is 0.683. The Kier molecular flexibility index (Phi) is 5.57. The van der Waals surface area contributed by atoms with Gasteiger partial charge in [0, 0.05) is 4.90 Å². The maximum absolute atomic E-state index is 12.0. The number of nitrogens with two attached hydrogens (primary N) is 2. The molecule has 0 spiro atoms. The summed E-state index contributed by atoms with van der Waals surface area (Å²) in [6.07, 6.45) is -1.02. The summed E-state index contributed by atoms with van der Waals surface area (Å²) in [5.41, 5.74) is 10.5. The van der Waals surface area contributed by atoms with Gasteiger partial charge in [-0.05, 0) is 26.0 Å². The molecule has 0 bridgehead atoms. The van der Waals surface area contributed by atoms with Crippen molar-refractivity contribution in [3.8, 4) is 0 Å². The average molecular weight is 296 g/mol. The molecular formula is C13H16N2O4S. The first-order valence-electron chi connectivity index (χ1n) is 5.88. The number of amides is 2. The molecule has 1 aromatic carbocycles. The molecule has 0 fully saturated rings. The lowest BCUT2D eigenvalue weighted by molar-refractivity contribution is -0.125. The molecule has 0 saturated heterocycles. The highest BCUT2D eigenvalue weighted by molar-refractivity contribution is 8.00. The second-order valence-electron chi connectivity index (χ2n) is 4.11. The van der Waals surface area contributed by atoms with Crippen molar-refractivity contribution in [2.24, 2.45) is 11.5 Å². The molecule has 0 saturated carbocycles. The molecule has 0 heterocycles. The minimum atomic E-state index is -1.02. The van der Waals surface area contributed by atoms with Crippen molar-refractivity contribution < 1.29 is 19.1 Å². The average Bonchev–Trinajstić information content (AvgIpc) is 2.38. The molecule has 20 heavy (non-hydrogen) atoms. The van der Waals surface area contributed by atoms with E-state index in [1.807, 2.05) is 0 Å². The van der Waals surface area contributed by atoms with Gasteiger partial charge in [-0.15, -0.1) is 11.8 Å². The molecule has 0 radical (unpaired) electrons. The number of ether oxygens (including phenoxy) is 1. The van der Waals surface area contributed by atoms with E-state index < -0.39 is 29.1 Å². The fourth-order valence-electron chi connectivity index (χ4n) is 1.27. The van der Waals surface area contributed by atoms with Gasteiger partial charge in [0.15, 0.2) is 6.10 Å². The van der Waals surface area contributed by atoms with Crippen LogP contribution in [0.1, 0.15) is 24.2 Å². The highest BCUT2D eigenvalue weighted by Gasteiger charge is 2.20. The van der Waals surface area contributed by atoms with E-state index in [1.54, 1.807) is 31.2 Å². The summed E-state index contributed by atoms with van der Waals surface area (Å²) in [6, 6.07) is 6.61. The van der Waals surface area contributed by atoms with Crippen LogP contribution in [0.3, 0.4) is 0 Å². The first-order valence-corrected chi connectivity index (χ1v) is 6.76. The highest BCUT2D eigenvalue weighted by Crippen LogP contribution is 2.27. The van der Waals surface area contributed by atoms with E-state index in [9.17, 15) is 14.4 Å². The van der Waals surface area contributed by atoms with E-state index in [2.05, 4.69) is 0 Å².